The van der Waals surface area contributed by atoms with E-state index in [0.29, 0.717) is 22.9 Å². The number of methoxy groups -OCH3 is 1. The SMILES string of the molecule is CCn1c(CNc2ccc(Cl)cc2)nnc1SCC(=O)c1ccc(OC)cc1. The Kier molecular flexibility index (Phi) is 6.95. The van der Waals surface area contributed by atoms with Crippen molar-refractivity contribution in [1.82, 2.24) is 14.8 Å². The largest absolute Gasteiger partial charge is 0.497 e. The van der Waals surface area contributed by atoms with Crippen LogP contribution in [0.5, 0.6) is 5.75 Å². The lowest BCUT2D eigenvalue weighted by molar-refractivity contribution is 0.102. The lowest BCUT2D eigenvalue weighted by atomic mass is 10.1. The summed E-state index contributed by atoms with van der Waals surface area (Å²) in [4.78, 5) is 12.4. The molecule has 146 valence electrons. The predicted molar refractivity (Wildman–Crippen MR) is 113 cm³/mol. The van der Waals surface area contributed by atoms with Gasteiger partial charge < -0.3 is 14.6 Å². The van der Waals surface area contributed by atoms with E-state index in [1.807, 2.05) is 35.8 Å². The highest BCUT2D eigenvalue weighted by atomic mass is 35.5. The molecule has 0 saturated carbocycles. The van der Waals surface area contributed by atoms with E-state index in [-0.39, 0.29) is 5.78 Å². The molecule has 0 saturated heterocycles. The molecule has 0 unspecified atom stereocenters. The summed E-state index contributed by atoms with van der Waals surface area (Å²) >= 11 is 7.30. The number of halogens is 1. The van der Waals surface area contributed by atoms with Crippen molar-refractivity contribution < 1.29 is 9.53 Å². The van der Waals surface area contributed by atoms with Crippen LogP contribution < -0.4 is 10.1 Å². The molecule has 0 aliphatic carbocycles. The zero-order valence-corrected chi connectivity index (χ0v) is 17.3. The molecule has 2 aromatic carbocycles. The fourth-order valence-electron chi connectivity index (χ4n) is 2.61. The molecule has 0 bridgehead atoms. The van der Waals surface area contributed by atoms with Crippen LogP contribution in [0.2, 0.25) is 5.02 Å². The quantitative estimate of drug-likeness (QED) is 0.407. The second-order valence-corrected chi connectivity index (χ2v) is 7.32. The van der Waals surface area contributed by atoms with E-state index in [0.717, 1.165) is 29.0 Å². The number of hydrogen-bond acceptors (Lipinski definition) is 6. The molecular formula is C20H21ClN4O2S. The van der Waals surface area contributed by atoms with Crippen LogP contribution in [0.3, 0.4) is 0 Å². The zero-order chi connectivity index (χ0) is 19.9. The average Bonchev–Trinajstić information content (AvgIpc) is 3.13. The van der Waals surface area contributed by atoms with E-state index in [1.54, 1.807) is 31.4 Å². The molecular weight excluding hydrogens is 396 g/mol. The maximum absolute atomic E-state index is 12.4. The third-order valence-electron chi connectivity index (χ3n) is 4.15. The van der Waals surface area contributed by atoms with Crippen LogP contribution in [0.4, 0.5) is 5.69 Å². The highest BCUT2D eigenvalue weighted by Gasteiger charge is 2.14. The number of ketones is 1. The number of carbonyl (C=O) groups excluding carboxylic acids is 1. The Bertz CT molecular complexity index is 926. The number of Topliss-reactive ketones (excluding diaryl/α,β-unsaturated/α-hetero) is 1. The molecule has 0 spiro atoms. The fraction of sp³-hybridized carbons (Fsp3) is 0.250. The number of nitrogens with zero attached hydrogens (tertiary/aromatic N) is 3. The first-order chi connectivity index (χ1) is 13.6. The second-order valence-electron chi connectivity index (χ2n) is 5.94. The van der Waals surface area contributed by atoms with Gasteiger partial charge in [0.15, 0.2) is 16.8 Å². The molecule has 28 heavy (non-hydrogen) atoms. The van der Waals surface area contributed by atoms with Crippen LogP contribution in [-0.4, -0.2) is 33.4 Å². The number of anilines is 1. The normalized spacial score (nSPS) is 10.7. The fourth-order valence-corrected chi connectivity index (χ4v) is 3.66. The lowest BCUT2D eigenvalue weighted by Gasteiger charge is -2.09. The van der Waals surface area contributed by atoms with Crippen molar-refractivity contribution in [3.8, 4) is 5.75 Å². The lowest BCUT2D eigenvalue weighted by Crippen LogP contribution is -2.09. The first-order valence-electron chi connectivity index (χ1n) is 8.82. The molecule has 6 nitrogen and oxygen atoms in total. The number of carbonyl (C=O) groups is 1. The van der Waals surface area contributed by atoms with Gasteiger partial charge in [-0.05, 0) is 55.5 Å². The van der Waals surface area contributed by atoms with Gasteiger partial charge in [-0.3, -0.25) is 4.79 Å². The molecule has 3 rings (SSSR count). The first-order valence-corrected chi connectivity index (χ1v) is 10.2. The van der Waals surface area contributed by atoms with Crippen molar-refractivity contribution in [3.05, 3.63) is 64.9 Å². The number of benzene rings is 2. The Morgan fingerprint density at radius 1 is 1.14 bits per heavy atom. The van der Waals surface area contributed by atoms with Gasteiger partial charge in [0.05, 0.1) is 19.4 Å². The molecule has 0 aliphatic heterocycles. The van der Waals surface area contributed by atoms with Crippen LogP contribution in [-0.2, 0) is 13.1 Å². The van der Waals surface area contributed by atoms with Crippen molar-refractivity contribution in [1.29, 1.82) is 0 Å². The minimum atomic E-state index is 0.0409. The van der Waals surface area contributed by atoms with Crippen LogP contribution in [0.25, 0.3) is 0 Å². The van der Waals surface area contributed by atoms with Gasteiger partial charge in [-0.15, -0.1) is 10.2 Å². The summed E-state index contributed by atoms with van der Waals surface area (Å²) in [7, 11) is 1.60. The Labute approximate surface area is 173 Å². The van der Waals surface area contributed by atoms with Crippen molar-refractivity contribution in [3.63, 3.8) is 0 Å². The van der Waals surface area contributed by atoms with Gasteiger partial charge in [0.2, 0.25) is 0 Å². The third kappa shape index (κ3) is 5.05. The van der Waals surface area contributed by atoms with Gasteiger partial charge in [-0.2, -0.15) is 0 Å². The molecule has 1 N–H and O–H groups in total. The van der Waals surface area contributed by atoms with Crippen molar-refractivity contribution >= 4 is 34.8 Å². The topological polar surface area (TPSA) is 69.0 Å². The van der Waals surface area contributed by atoms with Crippen LogP contribution in [0, 0.1) is 0 Å². The standard InChI is InChI=1S/C20H21ClN4O2S/c1-3-25-19(12-22-16-8-6-15(21)7-9-16)23-24-20(25)28-13-18(26)14-4-10-17(27-2)11-5-14/h4-11,22H,3,12-13H2,1-2H3. The summed E-state index contributed by atoms with van der Waals surface area (Å²) in [5, 5.41) is 13.3. The van der Waals surface area contributed by atoms with Crippen LogP contribution in [0.15, 0.2) is 53.7 Å². The van der Waals surface area contributed by atoms with Gasteiger partial charge >= 0.3 is 0 Å². The van der Waals surface area contributed by atoms with Crippen LogP contribution >= 0.6 is 23.4 Å². The Balaban J connectivity index is 1.61. The van der Waals surface area contributed by atoms with E-state index in [2.05, 4.69) is 15.5 Å². The number of nitrogens with one attached hydrogen (secondary N) is 1. The zero-order valence-electron chi connectivity index (χ0n) is 15.7. The molecule has 1 aromatic heterocycles. The molecule has 0 aliphatic rings. The van der Waals surface area contributed by atoms with Crippen molar-refractivity contribution in [2.75, 3.05) is 18.2 Å². The van der Waals surface area contributed by atoms with Gasteiger partial charge in [0.1, 0.15) is 5.75 Å². The van der Waals surface area contributed by atoms with Crippen molar-refractivity contribution in [2.45, 2.75) is 25.2 Å². The minimum absolute atomic E-state index is 0.0409. The maximum atomic E-state index is 12.4. The molecule has 8 heteroatoms. The van der Waals surface area contributed by atoms with E-state index < -0.39 is 0 Å². The summed E-state index contributed by atoms with van der Waals surface area (Å²) in [6.07, 6.45) is 0. The van der Waals surface area contributed by atoms with Crippen LogP contribution in [0.1, 0.15) is 23.1 Å². The van der Waals surface area contributed by atoms with Gasteiger partial charge in [-0.25, -0.2) is 0 Å². The van der Waals surface area contributed by atoms with E-state index in [9.17, 15) is 4.79 Å². The molecule has 0 radical (unpaired) electrons. The monoisotopic (exact) mass is 416 g/mol. The highest BCUT2D eigenvalue weighted by molar-refractivity contribution is 7.99. The highest BCUT2D eigenvalue weighted by Crippen LogP contribution is 2.21. The molecule has 0 atom stereocenters. The van der Waals surface area contributed by atoms with E-state index >= 15 is 0 Å². The van der Waals surface area contributed by atoms with E-state index in [1.165, 1.54) is 11.8 Å². The minimum Gasteiger partial charge on any atom is -0.497 e. The van der Waals surface area contributed by atoms with E-state index in [4.69, 9.17) is 16.3 Å². The van der Waals surface area contributed by atoms with Gasteiger partial charge in [-0.1, -0.05) is 23.4 Å². The second kappa shape index (κ2) is 9.61. The predicted octanol–water partition coefficient (Wildman–Crippen LogP) is 4.55. The number of aromatic nitrogens is 3. The molecule has 0 amide bonds. The number of hydrogen-bond donors (Lipinski definition) is 1. The summed E-state index contributed by atoms with van der Waals surface area (Å²) < 4.78 is 7.13. The summed E-state index contributed by atoms with van der Waals surface area (Å²) in [5.74, 6) is 1.89. The summed E-state index contributed by atoms with van der Waals surface area (Å²) in [6.45, 7) is 3.30. The van der Waals surface area contributed by atoms with Crippen molar-refractivity contribution in [2.24, 2.45) is 0 Å². The molecule has 3 aromatic rings. The first kappa shape index (κ1) is 20.2. The van der Waals surface area contributed by atoms with Gasteiger partial charge in [0, 0.05) is 22.8 Å². The number of ether oxygens (including phenoxy) is 1. The maximum Gasteiger partial charge on any atom is 0.191 e. The smallest absolute Gasteiger partial charge is 0.191 e. The third-order valence-corrected chi connectivity index (χ3v) is 5.37. The average molecular weight is 417 g/mol. The summed E-state index contributed by atoms with van der Waals surface area (Å²) in [6, 6.07) is 14.6. The molecule has 0 fully saturated rings. The Hall–Kier alpha value is -2.51. The Morgan fingerprint density at radius 2 is 1.86 bits per heavy atom. The number of thioether (sulfide) groups is 1. The summed E-state index contributed by atoms with van der Waals surface area (Å²) in [5.41, 5.74) is 1.61. The Morgan fingerprint density at radius 3 is 2.50 bits per heavy atom. The number of rotatable bonds is 9. The molecule has 1 heterocycles. The van der Waals surface area contributed by atoms with Gasteiger partial charge in [0.25, 0.3) is 0 Å².